The standard InChI is InChI=1S/C14H18F2N2O4.C2H4F2O/c1-9(17)12(19)18-11(8-22-14(15)16)13(20)21-7-10-5-3-2-4-6-10;1-5-2(3)4/h2-6,9,11,14H,7-8,17H2,1H3,(H,18,19);2H,1H3/t9?,11-;/m0./s1. The van der Waals surface area contributed by atoms with Gasteiger partial charge in [0.05, 0.1) is 12.6 Å². The van der Waals surface area contributed by atoms with Crippen LogP contribution in [0.15, 0.2) is 30.3 Å². The molecule has 7 nitrogen and oxygen atoms in total. The maximum Gasteiger partial charge on any atom is 0.345 e. The Morgan fingerprint density at radius 2 is 1.67 bits per heavy atom. The van der Waals surface area contributed by atoms with Crippen LogP contribution in [0.4, 0.5) is 17.6 Å². The predicted octanol–water partition coefficient (Wildman–Crippen LogP) is 1.66. The van der Waals surface area contributed by atoms with Crippen molar-refractivity contribution in [3.8, 4) is 0 Å². The topological polar surface area (TPSA) is 99.9 Å². The molecule has 1 rings (SSSR count). The van der Waals surface area contributed by atoms with Gasteiger partial charge in [0.25, 0.3) is 0 Å². The summed E-state index contributed by atoms with van der Waals surface area (Å²) in [4.78, 5) is 23.4. The first kappa shape index (κ1) is 24.8. The van der Waals surface area contributed by atoms with Crippen LogP contribution >= 0.6 is 0 Å². The number of methoxy groups -OCH3 is 1. The normalized spacial score (nSPS) is 12.8. The minimum absolute atomic E-state index is 0.0428. The first-order valence-corrected chi connectivity index (χ1v) is 7.64. The Kier molecular flexibility index (Phi) is 12.7. The number of hydrogen-bond donors (Lipinski definition) is 2. The second kappa shape index (κ2) is 13.9. The van der Waals surface area contributed by atoms with Gasteiger partial charge in [-0.15, -0.1) is 0 Å². The lowest BCUT2D eigenvalue weighted by molar-refractivity contribution is -0.161. The van der Waals surface area contributed by atoms with Crippen LogP contribution in [0.3, 0.4) is 0 Å². The number of nitrogens with two attached hydrogens (primary N) is 1. The zero-order chi connectivity index (χ0) is 20.8. The van der Waals surface area contributed by atoms with Gasteiger partial charge in [0.2, 0.25) is 5.91 Å². The molecule has 0 aliphatic carbocycles. The molecule has 27 heavy (non-hydrogen) atoms. The Labute approximate surface area is 153 Å². The number of benzene rings is 1. The number of hydrogen-bond acceptors (Lipinski definition) is 6. The number of amides is 1. The van der Waals surface area contributed by atoms with Crippen molar-refractivity contribution in [2.75, 3.05) is 13.7 Å². The molecule has 0 aromatic heterocycles. The molecule has 0 fully saturated rings. The predicted molar refractivity (Wildman–Crippen MR) is 86.8 cm³/mol. The van der Waals surface area contributed by atoms with Gasteiger partial charge in [0.1, 0.15) is 6.61 Å². The van der Waals surface area contributed by atoms with Crippen molar-refractivity contribution >= 4 is 11.9 Å². The average Bonchev–Trinajstić information content (AvgIpc) is 2.63. The summed E-state index contributed by atoms with van der Waals surface area (Å²) < 4.78 is 57.7. The third kappa shape index (κ3) is 12.7. The van der Waals surface area contributed by atoms with Crippen LogP contribution in [-0.2, 0) is 30.4 Å². The molecule has 1 aromatic rings. The maximum atomic E-state index is 12.1. The molecule has 0 spiro atoms. The quantitative estimate of drug-likeness (QED) is 0.485. The van der Waals surface area contributed by atoms with E-state index < -0.39 is 43.8 Å². The molecule has 1 amide bonds. The number of carbonyl (C=O) groups excluding carboxylic acids is 2. The number of alkyl halides is 4. The molecule has 0 aliphatic heterocycles. The molecule has 3 N–H and O–H groups in total. The van der Waals surface area contributed by atoms with E-state index in [0.29, 0.717) is 0 Å². The molecule has 11 heteroatoms. The second-order valence-corrected chi connectivity index (χ2v) is 5.03. The molecule has 0 saturated carbocycles. The highest BCUT2D eigenvalue weighted by atomic mass is 19.3. The first-order chi connectivity index (χ1) is 12.7. The molecular formula is C16H22F4N2O5. The van der Waals surface area contributed by atoms with E-state index in [9.17, 15) is 27.2 Å². The molecule has 0 saturated heterocycles. The van der Waals surface area contributed by atoms with Crippen LogP contribution < -0.4 is 11.1 Å². The smallest absolute Gasteiger partial charge is 0.345 e. The van der Waals surface area contributed by atoms with Crippen molar-refractivity contribution < 1.29 is 41.4 Å². The summed E-state index contributed by atoms with van der Waals surface area (Å²) in [5.41, 5.74) is 6.08. The van der Waals surface area contributed by atoms with Gasteiger partial charge in [0.15, 0.2) is 6.04 Å². The summed E-state index contributed by atoms with van der Waals surface area (Å²) in [5, 5.41) is 2.21. The Morgan fingerprint density at radius 3 is 2.11 bits per heavy atom. The Morgan fingerprint density at radius 1 is 1.11 bits per heavy atom. The molecule has 1 unspecified atom stereocenters. The van der Waals surface area contributed by atoms with Crippen LogP contribution in [0, 0.1) is 0 Å². The van der Waals surface area contributed by atoms with Gasteiger partial charge in [-0.05, 0) is 12.5 Å². The fraction of sp³-hybridized carbons (Fsp3) is 0.500. The first-order valence-electron chi connectivity index (χ1n) is 7.64. The Balaban J connectivity index is 0.00000119. The highest BCUT2D eigenvalue weighted by Gasteiger charge is 2.25. The molecular weight excluding hydrogens is 376 g/mol. The number of ether oxygens (including phenoxy) is 3. The summed E-state index contributed by atoms with van der Waals surface area (Å²) in [6, 6.07) is 6.55. The lowest BCUT2D eigenvalue weighted by Crippen LogP contribution is -2.50. The van der Waals surface area contributed by atoms with Crippen molar-refractivity contribution in [2.45, 2.75) is 38.8 Å². The fourth-order valence-electron chi connectivity index (χ4n) is 1.47. The summed E-state index contributed by atoms with van der Waals surface area (Å²) in [7, 11) is 0.949. The highest BCUT2D eigenvalue weighted by molar-refractivity contribution is 5.87. The second-order valence-electron chi connectivity index (χ2n) is 5.03. The maximum absolute atomic E-state index is 12.1. The summed E-state index contributed by atoms with van der Waals surface area (Å²) in [5.74, 6) is -1.54. The van der Waals surface area contributed by atoms with E-state index in [2.05, 4.69) is 14.8 Å². The Hall–Kier alpha value is -2.24. The van der Waals surface area contributed by atoms with Gasteiger partial charge in [-0.1, -0.05) is 30.3 Å². The highest BCUT2D eigenvalue weighted by Crippen LogP contribution is 2.04. The largest absolute Gasteiger partial charge is 0.459 e. The molecule has 1 aromatic carbocycles. The van der Waals surface area contributed by atoms with Crippen LogP contribution in [-0.4, -0.2) is 50.9 Å². The average molecular weight is 398 g/mol. The van der Waals surface area contributed by atoms with Gasteiger partial charge in [0, 0.05) is 7.11 Å². The molecule has 0 heterocycles. The SMILES string of the molecule is CC(N)C(=O)N[C@@H](COC(F)F)C(=O)OCc1ccccc1.COC(F)F. The number of halogens is 4. The zero-order valence-electron chi connectivity index (χ0n) is 14.7. The minimum Gasteiger partial charge on any atom is -0.459 e. The van der Waals surface area contributed by atoms with Crippen LogP contribution in [0.25, 0.3) is 0 Å². The van der Waals surface area contributed by atoms with E-state index in [1.54, 1.807) is 30.3 Å². The molecule has 0 aliphatic rings. The van der Waals surface area contributed by atoms with E-state index in [1.165, 1.54) is 6.92 Å². The molecule has 0 radical (unpaired) electrons. The number of nitrogens with one attached hydrogen (secondary N) is 1. The van der Waals surface area contributed by atoms with Crippen molar-refractivity contribution in [3.05, 3.63) is 35.9 Å². The third-order valence-electron chi connectivity index (χ3n) is 2.81. The Bertz CT molecular complexity index is 547. The van der Waals surface area contributed by atoms with Crippen molar-refractivity contribution in [1.29, 1.82) is 0 Å². The monoisotopic (exact) mass is 398 g/mol. The molecule has 0 bridgehead atoms. The van der Waals surface area contributed by atoms with Crippen LogP contribution in [0.5, 0.6) is 0 Å². The van der Waals surface area contributed by atoms with Crippen molar-refractivity contribution in [2.24, 2.45) is 5.73 Å². The summed E-state index contributed by atoms with van der Waals surface area (Å²) in [6.45, 7) is -5.02. The van der Waals surface area contributed by atoms with Crippen molar-refractivity contribution in [3.63, 3.8) is 0 Å². The van der Waals surface area contributed by atoms with Crippen molar-refractivity contribution in [1.82, 2.24) is 5.32 Å². The van der Waals surface area contributed by atoms with Gasteiger partial charge < -0.3 is 25.3 Å². The number of rotatable bonds is 9. The van der Waals surface area contributed by atoms with Crippen LogP contribution in [0.2, 0.25) is 0 Å². The van der Waals surface area contributed by atoms with Gasteiger partial charge in [-0.3, -0.25) is 4.79 Å². The van der Waals surface area contributed by atoms with E-state index in [-0.39, 0.29) is 6.61 Å². The lowest BCUT2D eigenvalue weighted by atomic mass is 10.2. The lowest BCUT2D eigenvalue weighted by Gasteiger charge is -2.18. The number of esters is 1. The summed E-state index contributed by atoms with van der Waals surface area (Å²) >= 11 is 0. The minimum atomic E-state index is -3.06. The van der Waals surface area contributed by atoms with Crippen LogP contribution in [0.1, 0.15) is 12.5 Å². The summed E-state index contributed by atoms with van der Waals surface area (Å²) in [6.07, 6.45) is 0. The zero-order valence-corrected chi connectivity index (χ0v) is 14.7. The van der Waals surface area contributed by atoms with E-state index in [1.807, 2.05) is 0 Å². The van der Waals surface area contributed by atoms with Gasteiger partial charge in [-0.25, -0.2) is 4.79 Å². The third-order valence-corrected chi connectivity index (χ3v) is 2.81. The van der Waals surface area contributed by atoms with Gasteiger partial charge >= 0.3 is 19.2 Å². The molecule has 154 valence electrons. The van der Waals surface area contributed by atoms with E-state index >= 15 is 0 Å². The van der Waals surface area contributed by atoms with E-state index in [0.717, 1.165) is 12.7 Å². The van der Waals surface area contributed by atoms with E-state index in [4.69, 9.17) is 10.5 Å². The molecule has 2 atom stereocenters. The fourth-order valence-corrected chi connectivity index (χ4v) is 1.47. The van der Waals surface area contributed by atoms with Gasteiger partial charge in [-0.2, -0.15) is 17.6 Å². The number of carbonyl (C=O) groups is 2.